The van der Waals surface area contributed by atoms with Crippen LogP contribution in [-0.4, -0.2) is 20.6 Å². The first-order valence-electron chi connectivity index (χ1n) is 9.01. The van der Waals surface area contributed by atoms with Gasteiger partial charge in [0.2, 0.25) is 0 Å². The van der Waals surface area contributed by atoms with Gasteiger partial charge in [0.25, 0.3) is 0 Å². The zero-order chi connectivity index (χ0) is 19.5. The van der Waals surface area contributed by atoms with Crippen LogP contribution in [0.4, 0.5) is 5.69 Å². The summed E-state index contributed by atoms with van der Waals surface area (Å²) in [6.07, 6.45) is 5.10. The Kier molecular flexibility index (Phi) is 4.65. The molecule has 6 nitrogen and oxygen atoms in total. The highest BCUT2D eigenvalue weighted by molar-refractivity contribution is 5.89. The molecule has 0 fully saturated rings. The second-order valence-corrected chi connectivity index (χ2v) is 6.68. The summed E-state index contributed by atoms with van der Waals surface area (Å²) in [7, 11) is 0. The summed E-state index contributed by atoms with van der Waals surface area (Å²) < 4.78 is 7.75. The Balaban J connectivity index is 1.75. The van der Waals surface area contributed by atoms with Crippen molar-refractivity contribution in [2.24, 2.45) is 0 Å². The molecule has 138 valence electrons. The van der Waals surface area contributed by atoms with Crippen molar-refractivity contribution in [3.63, 3.8) is 0 Å². The van der Waals surface area contributed by atoms with Crippen LogP contribution in [0.5, 0.6) is 11.8 Å². The summed E-state index contributed by atoms with van der Waals surface area (Å²) in [5.74, 6) is 0.612. The monoisotopic (exact) mass is 369 g/mol. The van der Waals surface area contributed by atoms with Crippen LogP contribution in [0, 0.1) is 11.3 Å². The summed E-state index contributed by atoms with van der Waals surface area (Å²) in [6.45, 7) is 4.20. The first-order valence-corrected chi connectivity index (χ1v) is 9.01. The smallest absolute Gasteiger partial charge is 0.321 e. The van der Waals surface area contributed by atoms with Gasteiger partial charge in [0.05, 0.1) is 11.1 Å². The maximum Gasteiger partial charge on any atom is 0.321 e. The van der Waals surface area contributed by atoms with Crippen molar-refractivity contribution in [2.75, 3.05) is 5.32 Å². The molecule has 0 amide bonds. The Morgan fingerprint density at radius 3 is 2.50 bits per heavy atom. The van der Waals surface area contributed by atoms with Gasteiger partial charge in [-0.15, -0.1) is 0 Å². The first-order chi connectivity index (χ1) is 13.6. The molecule has 0 aliphatic rings. The zero-order valence-corrected chi connectivity index (χ0v) is 15.6. The van der Waals surface area contributed by atoms with Gasteiger partial charge in [-0.25, -0.2) is 9.97 Å². The molecular weight excluding hydrogens is 350 g/mol. The van der Waals surface area contributed by atoms with Crippen LogP contribution >= 0.6 is 0 Å². The second kappa shape index (κ2) is 7.41. The van der Waals surface area contributed by atoms with E-state index < -0.39 is 0 Å². The Bertz CT molecular complexity index is 1140. The molecule has 4 rings (SSSR count). The molecule has 2 aromatic heterocycles. The molecule has 0 unspecified atom stereocenters. The van der Waals surface area contributed by atoms with Crippen molar-refractivity contribution >= 4 is 16.6 Å². The van der Waals surface area contributed by atoms with Gasteiger partial charge in [0.1, 0.15) is 11.8 Å². The van der Waals surface area contributed by atoms with E-state index in [1.54, 1.807) is 18.5 Å². The van der Waals surface area contributed by atoms with Crippen molar-refractivity contribution in [1.82, 2.24) is 14.5 Å². The summed E-state index contributed by atoms with van der Waals surface area (Å²) >= 11 is 0. The molecular formula is C22H19N5O. The largest absolute Gasteiger partial charge is 0.424 e. The van der Waals surface area contributed by atoms with Crippen LogP contribution in [0.25, 0.3) is 16.6 Å². The third-order valence-corrected chi connectivity index (χ3v) is 4.25. The van der Waals surface area contributed by atoms with E-state index in [-0.39, 0.29) is 6.01 Å². The number of aromatic nitrogens is 3. The van der Waals surface area contributed by atoms with Gasteiger partial charge in [0.15, 0.2) is 0 Å². The fraction of sp³-hybridized carbons (Fsp3) is 0.136. The van der Waals surface area contributed by atoms with E-state index in [4.69, 9.17) is 4.74 Å². The van der Waals surface area contributed by atoms with Gasteiger partial charge in [0, 0.05) is 47.5 Å². The lowest BCUT2D eigenvalue weighted by Gasteiger charge is -2.11. The molecule has 2 heterocycles. The predicted molar refractivity (Wildman–Crippen MR) is 109 cm³/mol. The number of nitrogens with zero attached hydrogens (tertiary/aromatic N) is 4. The number of fused-ring (bicyclic) bond motifs is 1. The topological polar surface area (TPSA) is 75.8 Å². The van der Waals surface area contributed by atoms with E-state index in [2.05, 4.69) is 35.2 Å². The fourth-order valence-electron chi connectivity index (χ4n) is 3.07. The number of hydrogen-bond donors (Lipinski definition) is 1. The molecule has 0 bridgehead atoms. The molecule has 0 saturated heterocycles. The van der Waals surface area contributed by atoms with E-state index in [0.29, 0.717) is 17.4 Å². The highest BCUT2D eigenvalue weighted by Crippen LogP contribution is 2.30. The number of rotatable bonds is 5. The van der Waals surface area contributed by atoms with Crippen LogP contribution in [0.1, 0.15) is 19.4 Å². The number of ether oxygens (including phenoxy) is 1. The van der Waals surface area contributed by atoms with Gasteiger partial charge in [-0.3, -0.25) is 0 Å². The summed E-state index contributed by atoms with van der Waals surface area (Å²) in [6, 6.07) is 18.4. The average molecular weight is 369 g/mol. The SMILES string of the molecule is CC(C)Nc1ccc(-n2cc(C#N)c3ccc(Oc4ncccn4)cc32)cc1. The number of nitriles is 1. The minimum Gasteiger partial charge on any atom is -0.424 e. The van der Waals surface area contributed by atoms with Gasteiger partial charge in [-0.2, -0.15) is 5.26 Å². The molecule has 28 heavy (non-hydrogen) atoms. The Hall–Kier alpha value is -3.85. The minimum absolute atomic E-state index is 0.282. The first kappa shape index (κ1) is 17.6. The summed E-state index contributed by atoms with van der Waals surface area (Å²) in [5, 5.41) is 13.8. The summed E-state index contributed by atoms with van der Waals surface area (Å²) in [4.78, 5) is 8.18. The summed E-state index contributed by atoms with van der Waals surface area (Å²) in [5.41, 5.74) is 3.52. The van der Waals surface area contributed by atoms with Crippen LogP contribution < -0.4 is 10.1 Å². The molecule has 1 N–H and O–H groups in total. The molecule has 0 saturated carbocycles. The van der Waals surface area contributed by atoms with E-state index in [1.807, 2.05) is 53.2 Å². The van der Waals surface area contributed by atoms with Crippen LogP contribution in [-0.2, 0) is 0 Å². The van der Waals surface area contributed by atoms with E-state index in [9.17, 15) is 5.26 Å². The van der Waals surface area contributed by atoms with Crippen molar-refractivity contribution in [3.8, 4) is 23.5 Å². The van der Waals surface area contributed by atoms with E-state index in [1.165, 1.54) is 0 Å². The van der Waals surface area contributed by atoms with Crippen molar-refractivity contribution in [1.29, 1.82) is 5.26 Å². The maximum absolute atomic E-state index is 9.52. The van der Waals surface area contributed by atoms with Crippen LogP contribution in [0.2, 0.25) is 0 Å². The molecule has 4 aromatic rings. The van der Waals surface area contributed by atoms with E-state index in [0.717, 1.165) is 22.3 Å². The van der Waals surface area contributed by atoms with Gasteiger partial charge >= 0.3 is 6.01 Å². The third kappa shape index (κ3) is 3.51. The van der Waals surface area contributed by atoms with Gasteiger partial charge in [-0.1, -0.05) is 0 Å². The quantitative estimate of drug-likeness (QED) is 0.541. The average Bonchev–Trinajstić information content (AvgIpc) is 3.07. The lowest BCUT2D eigenvalue weighted by atomic mass is 10.2. The molecule has 6 heteroatoms. The molecule has 2 aromatic carbocycles. The number of nitrogens with one attached hydrogen (secondary N) is 1. The number of anilines is 1. The van der Waals surface area contributed by atoms with Crippen LogP contribution in [0.3, 0.4) is 0 Å². The van der Waals surface area contributed by atoms with Crippen molar-refractivity contribution in [2.45, 2.75) is 19.9 Å². The Morgan fingerprint density at radius 1 is 1.07 bits per heavy atom. The highest BCUT2D eigenvalue weighted by Gasteiger charge is 2.12. The minimum atomic E-state index is 0.282. The Labute approximate surface area is 163 Å². The molecule has 0 radical (unpaired) electrons. The predicted octanol–water partition coefficient (Wildman–Crippen LogP) is 4.90. The van der Waals surface area contributed by atoms with Crippen molar-refractivity contribution < 1.29 is 4.74 Å². The molecule has 0 atom stereocenters. The zero-order valence-electron chi connectivity index (χ0n) is 15.6. The fourth-order valence-corrected chi connectivity index (χ4v) is 3.07. The van der Waals surface area contributed by atoms with E-state index >= 15 is 0 Å². The number of hydrogen-bond acceptors (Lipinski definition) is 5. The van der Waals surface area contributed by atoms with Crippen LogP contribution in [0.15, 0.2) is 67.1 Å². The highest BCUT2D eigenvalue weighted by atomic mass is 16.5. The second-order valence-electron chi connectivity index (χ2n) is 6.68. The molecule has 0 spiro atoms. The van der Waals surface area contributed by atoms with Gasteiger partial charge in [-0.05, 0) is 56.3 Å². The van der Waals surface area contributed by atoms with Crippen molar-refractivity contribution in [3.05, 3.63) is 72.7 Å². The lowest BCUT2D eigenvalue weighted by Crippen LogP contribution is -2.09. The third-order valence-electron chi connectivity index (χ3n) is 4.25. The standard InChI is InChI=1S/C22H19N5O/c1-15(2)26-17-4-6-18(7-5-17)27-14-16(13-23)20-9-8-19(12-21(20)27)28-22-24-10-3-11-25-22/h3-12,14-15,26H,1-2H3. The maximum atomic E-state index is 9.52. The number of benzene rings is 2. The molecule has 0 aliphatic carbocycles. The Morgan fingerprint density at radius 2 is 1.82 bits per heavy atom. The normalized spacial score (nSPS) is 10.8. The van der Waals surface area contributed by atoms with Gasteiger partial charge < -0.3 is 14.6 Å². The lowest BCUT2D eigenvalue weighted by molar-refractivity contribution is 0.442. The molecule has 0 aliphatic heterocycles.